The number of alkyl halides is 3. The van der Waals surface area contributed by atoms with Crippen LogP contribution in [0.3, 0.4) is 0 Å². The molecule has 8 nitrogen and oxygen atoms in total. The zero-order chi connectivity index (χ0) is 21.3. The normalized spacial score (nSPS) is 20.5. The topological polar surface area (TPSA) is 101 Å². The highest BCUT2D eigenvalue weighted by Crippen LogP contribution is 2.38. The van der Waals surface area contributed by atoms with Gasteiger partial charge in [-0.25, -0.2) is 9.97 Å². The molecule has 0 radical (unpaired) electrons. The van der Waals surface area contributed by atoms with E-state index in [2.05, 4.69) is 15.0 Å². The van der Waals surface area contributed by atoms with Gasteiger partial charge in [-0.15, -0.1) is 0 Å². The predicted molar refractivity (Wildman–Crippen MR) is 105 cm³/mol. The van der Waals surface area contributed by atoms with Crippen molar-refractivity contribution in [3.05, 3.63) is 23.9 Å². The molecule has 11 heteroatoms. The third-order valence-electron chi connectivity index (χ3n) is 5.27. The van der Waals surface area contributed by atoms with Crippen molar-refractivity contribution >= 4 is 17.6 Å². The predicted octanol–water partition coefficient (Wildman–Crippen LogP) is 2.28. The number of piperidine rings is 1. The van der Waals surface area contributed by atoms with Crippen LogP contribution in [0.1, 0.15) is 24.8 Å². The van der Waals surface area contributed by atoms with Gasteiger partial charge in [-0.05, 0) is 25.3 Å². The molecule has 2 aliphatic rings. The quantitative estimate of drug-likeness (QED) is 0.774. The van der Waals surface area contributed by atoms with Crippen LogP contribution in [-0.4, -0.2) is 59.1 Å². The Morgan fingerprint density at radius 2 is 1.87 bits per heavy atom. The summed E-state index contributed by atoms with van der Waals surface area (Å²) in [5.74, 6) is 0.465. The van der Waals surface area contributed by atoms with E-state index >= 15 is 0 Å². The van der Waals surface area contributed by atoms with Crippen LogP contribution in [0.25, 0.3) is 11.3 Å². The molecular weight excluding hydrogens is 401 g/mol. The largest absolute Gasteiger partial charge is 0.417 e. The van der Waals surface area contributed by atoms with Gasteiger partial charge in [0.25, 0.3) is 0 Å². The van der Waals surface area contributed by atoms with Gasteiger partial charge < -0.3 is 25.4 Å². The fourth-order valence-electron chi connectivity index (χ4n) is 3.70. The zero-order valence-electron chi connectivity index (χ0n) is 16.3. The second kappa shape index (κ2) is 8.23. The Hall–Kier alpha value is -2.66. The molecule has 1 unspecified atom stereocenters. The van der Waals surface area contributed by atoms with E-state index in [-0.39, 0.29) is 17.1 Å². The van der Waals surface area contributed by atoms with Crippen molar-refractivity contribution in [2.24, 2.45) is 0 Å². The van der Waals surface area contributed by atoms with Crippen LogP contribution in [0, 0.1) is 0 Å². The van der Waals surface area contributed by atoms with Crippen LogP contribution in [-0.2, 0) is 10.9 Å². The molecule has 0 aliphatic carbocycles. The summed E-state index contributed by atoms with van der Waals surface area (Å²) in [6, 6.07) is 2.28. The Morgan fingerprint density at radius 1 is 1.10 bits per heavy atom. The lowest BCUT2D eigenvalue weighted by Crippen LogP contribution is -2.41. The van der Waals surface area contributed by atoms with Gasteiger partial charge in [0.15, 0.2) is 0 Å². The van der Waals surface area contributed by atoms with Crippen LogP contribution < -0.4 is 15.5 Å². The first-order valence-electron chi connectivity index (χ1n) is 9.82. The molecule has 0 amide bonds. The van der Waals surface area contributed by atoms with Crippen molar-refractivity contribution in [3.8, 4) is 11.3 Å². The van der Waals surface area contributed by atoms with E-state index < -0.39 is 18.0 Å². The van der Waals surface area contributed by atoms with E-state index in [4.69, 9.17) is 10.5 Å². The van der Waals surface area contributed by atoms with E-state index in [0.717, 1.165) is 25.1 Å². The molecule has 2 aliphatic heterocycles. The van der Waals surface area contributed by atoms with Gasteiger partial charge in [0.2, 0.25) is 5.95 Å². The maximum atomic E-state index is 13.7. The summed E-state index contributed by atoms with van der Waals surface area (Å²) in [6.45, 7) is 2.57. The number of aliphatic hydroxyl groups is 1. The highest BCUT2D eigenvalue weighted by molar-refractivity contribution is 5.69. The summed E-state index contributed by atoms with van der Waals surface area (Å²) in [5, 5.41) is 10.4. The number of hydrogen-bond donors (Lipinski definition) is 2. The fraction of sp³-hybridized carbons (Fsp3) is 0.526. The molecule has 1 atom stereocenters. The van der Waals surface area contributed by atoms with Gasteiger partial charge in [0.05, 0.1) is 24.5 Å². The first-order chi connectivity index (χ1) is 14.3. The maximum absolute atomic E-state index is 13.7. The average Bonchev–Trinajstić information content (AvgIpc) is 2.74. The summed E-state index contributed by atoms with van der Waals surface area (Å²) in [4.78, 5) is 16.4. The standard InChI is InChI=1S/C19H23F3N6O2/c20-19(21,22)13-9-15(23)24-11-12(13)14-10-16(28-4-2-1-3-17(28)29)26-18(25-14)27-5-7-30-8-6-27/h9-11,17,29H,1-8H2,(H2,23,24). The average molecular weight is 424 g/mol. The lowest BCUT2D eigenvalue weighted by molar-refractivity contribution is -0.137. The number of halogens is 3. The minimum absolute atomic E-state index is 0.0825. The molecule has 0 spiro atoms. The van der Waals surface area contributed by atoms with Gasteiger partial charge in [-0.1, -0.05) is 0 Å². The third kappa shape index (κ3) is 4.26. The lowest BCUT2D eigenvalue weighted by Gasteiger charge is -2.34. The van der Waals surface area contributed by atoms with E-state index in [1.807, 2.05) is 4.90 Å². The van der Waals surface area contributed by atoms with Gasteiger partial charge in [0.1, 0.15) is 17.9 Å². The third-order valence-corrected chi connectivity index (χ3v) is 5.27. The Kier molecular flexibility index (Phi) is 5.65. The van der Waals surface area contributed by atoms with Crippen molar-refractivity contribution in [1.29, 1.82) is 0 Å². The van der Waals surface area contributed by atoms with Crippen LogP contribution in [0.2, 0.25) is 0 Å². The Labute approximate surface area is 171 Å². The first kappa shape index (κ1) is 20.6. The van der Waals surface area contributed by atoms with Crippen molar-refractivity contribution in [3.63, 3.8) is 0 Å². The van der Waals surface area contributed by atoms with Gasteiger partial charge >= 0.3 is 6.18 Å². The molecule has 2 saturated heterocycles. The Morgan fingerprint density at radius 3 is 2.57 bits per heavy atom. The van der Waals surface area contributed by atoms with Crippen LogP contribution >= 0.6 is 0 Å². The van der Waals surface area contributed by atoms with E-state index in [1.165, 1.54) is 6.07 Å². The Balaban J connectivity index is 1.84. The van der Waals surface area contributed by atoms with Crippen molar-refractivity contribution in [2.75, 3.05) is 48.4 Å². The summed E-state index contributed by atoms with van der Waals surface area (Å²) >= 11 is 0. The minimum Gasteiger partial charge on any atom is -0.384 e. The van der Waals surface area contributed by atoms with Crippen molar-refractivity contribution in [1.82, 2.24) is 15.0 Å². The maximum Gasteiger partial charge on any atom is 0.417 e. The number of ether oxygens (including phenoxy) is 1. The zero-order valence-corrected chi connectivity index (χ0v) is 16.3. The number of aromatic nitrogens is 3. The van der Waals surface area contributed by atoms with Crippen molar-refractivity contribution < 1.29 is 23.0 Å². The molecular formula is C19H23F3N6O2. The van der Waals surface area contributed by atoms with Crippen molar-refractivity contribution in [2.45, 2.75) is 31.7 Å². The van der Waals surface area contributed by atoms with Gasteiger partial charge in [0, 0.05) is 37.5 Å². The number of anilines is 3. The summed E-state index contributed by atoms with van der Waals surface area (Å²) in [5.41, 5.74) is 4.50. The minimum atomic E-state index is -4.62. The second-order valence-corrected chi connectivity index (χ2v) is 7.33. The number of morpholine rings is 1. The highest BCUT2D eigenvalue weighted by atomic mass is 19.4. The Bertz CT molecular complexity index is 904. The number of rotatable bonds is 3. The van der Waals surface area contributed by atoms with E-state index in [1.54, 1.807) is 4.90 Å². The van der Waals surface area contributed by atoms with Crippen LogP contribution in [0.5, 0.6) is 0 Å². The fourth-order valence-corrected chi connectivity index (χ4v) is 3.70. The number of nitrogens with two attached hydrogens (primary N) is 1. The molecule has 0 saturated carbocycles. The summed E-state index contributed by atoms with van der Waals surface area (Å²) in [7, 11) is 0. The summed E-state index contributed by atoms with van der Waals surface area (Å²) < 4.78 is 46.4. The van der Waals surface area contributed by atoms with Gasteiger partial charge in [-0.2, -0.15) is 18.2 Å². The van der Waals surface area contributed by atoms with E-state index in [9.17, 15) is 18.3 Å². The molecule has 4 rings (SSSR count). The number of nitrogens with zero attached hydrogens (tertiary/aromatic N) is 5. The molecule has 162 valence electrons. The van der Waals surface area contributed by atoms with Gasteiger partial charge in [-0.3, -0.25) is 0 Å². The monoisotopic (exact) mass is 424 g/mol. The molecule has 30 heavy (non-hydrogen) atoms. The first-order valence-corrected chi connectivity index (χ1v) is 9.82. The van der Waals surface area contributed by atoms with Crippen LogP contribution in [0.4, 0.5) is 30.8 Å². The molecule has 4 heterocycles. The molecule has 0 bridgehead atoms. The number of pyridine rings is 1. The number of hydrogen-bond acceptors (Lipinski definition) is 8. The second-order valence-electron chi connectivity index (χ2n) is 7.33. The summed E-state index contributed by atoms with van der Waals surface area (Å²) in [6.07, 6.45) is -1.97. The number of nitrogen functional groups attached to an aromatic ring is 1. The smallest absolute Gasteiger partial charge is 0.384 e. The molecule has 2 fully saturated rings. The molecule has 3 N–H and O–H groups in total. The van der Waals surface area contributed by atoms with E-state index in [0.29, 0.717) is 51.0 Å². The van der Waals surface area contributed by atoms with Crippen LogP contribution in [0.15, 0.2) is 18.3 Å². The molecule has 2 aromatic heterocycles. The highest BCUT2D eigenvalue weighted by Gasteiger charge is 2.35. The number of aliphatic hydroxyl groups excluding tert-OH is 1. The molecule has 0 aromatic carbocycles. The molecule has 2 aromatic rings. The lowest BCUT2D eigenvalue weighted by atomic mass is 10.1. The SMILES string of the molecule is Nc1cc(C(F)(F)F)c(-c2cc(N3CCCCC3O)nc(N3CCOCC3)n2)cn1.